The molecule has 10 nitrogen and oxygen atoms in total. The second-order valence-corrected chi connectivity index (χ2v) is 8.41. The van der Waals surface area contributed by atoms with Crippen molar-refractivity contribution in [3.8, 4) is 0 Å². The fourth-order valence-corrected chi connectivity index (χ4v) is 4.18. The molecule has 2 amide bonds. The molecule has 1 fully saturated rings. The molecule has 0 radical (unpaired) electrons. The highest BCUT2D eigenvalue weighted by atomic mass is 16.2. The Morgan fingerprint density at radius 1 is 1.00 bits per heavy atom. The molecule has 0 bridgehead atoms. The van der Waals surface area contributed by atoms with Crippen molar-refractivity contribution in [1.82, 2.24) is 33.9 Å². The lowest BCUT2D eigenvalue weighted by atomic mass is 10.2. The number of nitrogens with one attached hydrogen (secondary N) is 1. The standard InChI is InChI=1S/C24H25N7O3/c1-17(32)29-10-8-28(9-11-29)14-18-5-6-21-26-19(16-30(21)15-18)13-25-24(34)20-12-23(33)31-7-3-2-4-22(31)27-20/h2-7,12,15-16H,8-11,13-14H2,1H3,(H,25,34). The third-order valence-corrected chi connectivity index (χ3v) is 6.02. The van der Waals surface area contributed by atoms with Gasteiger partial charge in [0.05, 0.1) is 12.2 Å². The Hall–Kier alpha value is -4.05. The zero-order valence-electron chi connectivity index (χ0n) is 18.8. The van der Waals surface area contributed by atoms with Gasteiger partial charge in [0.1, 0.15) is 17.0 Å². The van der Waals surface area contributed by atoms with Crippen LogP contribution in [0.15, 0.2) is 59.8 Å². The first-order valence-electron chi connectivity index (χ1n) is 11.2. The van der Waals surface area contributed by atoms with Crippen LogP contribution in [0.3, 0.4) is 0 Å². The summed E-state index contributed by atoms with van der Waals surface area (Å²) in [6.07, 6.45) is 5.54. The van der Waals surface area contributed by atoms with Gasteiger partial charge in [-0.25, -0.2) is 9.97 Å². The maximum Gasteiger partial charge on any atom is 0.270 e. The van der Waals surface area contributed by atoms with Gasteiger partial charge in [0.15, 0.2) is 0 Å². The molecule has 0 saturated carbocycles. The van der Waals surface area contributed by atoms with Gasteiger partial charge in [0.25, 0.3) is 11.5 Å². The SMILES string of the molecule is CC(=O)N1CCN(Cc2ccc3nc(CNC(=O)c4cc(=O)n5ccccc5n4)cn3c2)CC1. The quantitative estimate of drug-likeness (QED) is 0.476. The zero-order valence-corrected chi connectivity index (χ0v) is 18.8. The molecule has 5 rings (SSSR count). The topological polar surface area (TPSA) is 104 Å². The molecule has 1 N–H and O–H groups in total. The molecule has 10 heteroatoms. The van der Waals surface area contributed by atoms with Crippen LogP contribution in [0.2, 0.25) is 0 Å². The van der Waals surface area contributed by atoms with Gasteiger partial charge in [-0.15, -0.1) is 0 Å². The zero-order chi connectivity index (χ0) is 23.7. The summed E-state index contributed by atoms with van der Waals surface area (Å²) < 4.78 is 3.34. The summed E-state index contributed by atoms with van der Waals surface area (Å²) in [6, 6.07) is 10.4. The fraction of sp³-hybridized carbons (Fsp3) is 0.292. The molecule has 5 heterocycles. The number of pyridine rings is 2. The summed E-state index contributed by atoms with van der Waals surface area (Å²) >= 11 is 0. The van der Waals surface area contributed by atoms with Gasteiger partial charge in [-0.05, 0) is 23.8 Å². The first kappa shape index (κ1) is 21.8. The molecule has 174 valence electrons. The van der Waals surface area contributed by atoms with Crippen LogP contribution in [0.25, 0.3) is 11.3 Å². The maximum absolute atomic E-state index is 12.6. The smallest absolute Gasteiger partial charge is 0.270 e. The molecular weight excluding hydrogens is 434 g/mol. The highest BCUT2D eigenvalue weighted by Crippen LogP contribution is 2.12. The number of fused-ring (bicyclic) bond motifs is 2. The van der Waals surface area contributed by atoms with E-state index in [-0.39, 0.29) is 23.7 Å². The van der Waals surface area contributed by atoms with Crippen molar-refractivity contribution in [2.75, 3.05) is 26.2 Å². The number of hydrogen-bond acceptors (Lipinski definition) is 6. The molecule has 4 aromatic rings. The average molecular weight is 460 g/mol. The molecule has 34 heavy (non-hydrogen) atoms. The van der Waals surface area contributed by atoms with Crippen molar-refractivity contribution < 1.29 is 9.59 Å². The number of piperazine rings is 1. The van der Waals surface area contributed by atoms with Gasteiger partial charge >= 0.3 is 0 Å². The molecule has 4 aromatic heterocycles. The number of rotatable bonds is 5. The van der Waals surface area contributed by atoms with Gasteiger partial charge in [0, 0.05) is 64.3 Å². The van der Waals surface area contributed by atoms with E-state index < -0.39 is 5.91 Å². The van der Waals surface area contributed by atoms with Crippen molar-refractivity contribution in [2.45, 2.75) is 20.0 Å². The van der Waals surface area contributed by atoms with Crippen LogP contribution in [0, 0.1) is 0 Å². The van der Waals surface area contributed by atoms with Crippen LogP contribution < -0.4 is 10.9 Å². The molecule has 1 aliphatic heterocycles. The fourth-order valence-electron chi connectivity index (χ4n) is 4.18. The summed E-state index contributed by atoms with van der Waals surface area (Å²) in [6.45, 7) is 5.85. The minimum absolute atomic E-state index is 0.0760. The van der Waals surface area contributed by atoms with E-state index in [1.54, 1.807) is 31.3 Å². The van der Waals surface area contributed by atoms with E-state index in [0.717, 1.165) is 43.9 Å². The Kier molecular flexibility index (Phi) is 5.81. The predicted molar refractivity (Wildman–Crippen MR) is 125 cm³/mol. The second-order valence-electron chi connectivity index (χ2n) is 8.41. The van der Waals surface area contributed by atoms with Gasteiger partial charge in [-0.1, -0.05) is 12.1 Å². The summed E-state index contributed by atoms with van der Waals surface area (Å²) in [7, 11) is 0. The monoisotopic (exact) mass is 459 g/mol. The summed E-state index contributed by atoms with van der Waals surface area (Å²) in [4.78, 5) is 49.4. The number of carbonyl (C=O) groups is 2. The van der Waals surface area contributed by atoms with Crippen LogP contribution in [0.4, 0.5) is 0 Å². The minimum Gasteiger partial charge on any atom is -0.345 e. The normalized spacial score (nSPS) is 14.6. The van der Waals surface area contributed by atoms with Crippen LogP contribution in [-0.2, 0) is 17.9 Å². The Bertz CT molecular complexity index is 1430. The van der Waals surface area contributed by atoms with Gasteiger partial charge in [-0.2, -0.15) is 0 Å². The number of imidazole rings is 1. The Balaban J connectivity index is 1.23. The molecule has 0 atom stereocenters. The van der Waals surface area contributed by atoms with Crippen LogP contribution in [0.5, 0.6) is 0 Å². The van der Waals surface area contributed by atoms with E-state index in [4.69, 9.17) is 0 Å². The van der Waals surface area contributed by atoms with E-state index in [9.17, 15) is 14.4 Å². The van der Waals surface area contributed by atoms with Crippen molar-refractivity contribution in [2.24, 2.45) is 0 Å². The third kappa shape index (κ3) is 4.53. The molecule has 0 unspecified atom stereocenters. The molecular formula is C24H25N7O3. The Labute approximate surface area is 195 Å². The van der Waals surface area contributed by atoms with E-state index >= 15 is 0 Å². The number of carbonyl (C=O) groups excluding carboxylic acids is 2. The minimum atomic E-state index is -0.425. The largest absolute Gasteiger partial charge is 0.345 e. The van der Waals surface area contributed by atoms with Crippen LogP contribution in [-0.4, -0.2) is 66.6 Å². The van der Waals surface area contributed by atoms with Crippen molar-refractivity contribution in [3.63, 3.8) is 0 Å². The van der Waals surface area contributed by atoms with Crippen LogP contribution >= 0.6 is 0 Å². The van der Waals surface area contributed by atoms with Crippen molar-refractivity contribution in [1.29, 1.82) is 0 Å². The van der Waals surface area contributed by atoms with E-state index in [0.29, 0.717) is 11.3 Å². The number of hydrogen-bond donors (Lipinski definition) is 1. The van der Waals surface area contributed by atoms with Gasteiger partial charge in [0.2, 0.25) is 5.91 Å². The van der Waals surface area contributed by atoms with Crippen molar-refractivity contribution in [3.05, 3.63) is 82.3 Å². The van der Waals surface area contributed by atoms with E-state index in [2.05, 4.69) is 26.3 Å². The van der Waals surface area contributed by atoms with Crippen LogP contribution in [0.1, 0.15) is 28.7 Å². The maximum atomic E-state index is 12.6. The molecule has 0 aromatic carbocycles. The molecule has 0 aliphatic carbocycles. The third-order valence-electron chi connectivity index (χ3n) is 6.02. The number of nitrogens with zero attached hydrogens (tertiary/aromatic N) is 6. The Morgan fingerprint density at radius 3 is 2.62 bits per heavy atom. The average Bonchev–Trinajstić information content (AvgIpc) is 3.25. The van der Waals surface area contributed by atoms with Gasteiger partial charge < -0.3 is 14.6 Å². The van der Waals surface area contributed by atoms with E-state index in [1.807, 2.05) is 27.8 Å². The Morgan fingerprint density at radius 2 is 1.82 bits per heavy atom. The molecule has 1 aliphatic rings. The summed E-state index contributed by atoms with van der Waals surface area (Å²) in [5.41, 5.74) is 2.83. The summed E-state index contributed by atoms with van der Waals surface area (Å²) in [5, 5.41) is 2.80. The lowest BCUT2D eigenvalue weighted by Crippen LogP contribution is -2.47. The number of aromatic nitrogens is 4. The molecule has 0 spiro atoms. The highest BCUT2D eigenvalue weighted by Gasteiger charge is 2.18. The van der Waals surface area contributed by atoms with E-state index in [1.165, 1.54) is 10.5 Å². The molecule has 1 saturated heterocycles. The first-order valence-corrected chi connectivity index (χ1v) is 11.2. The van der Waals surface area contributed by atoms with Crippen molar-refractivity contribution >= 4 is 23.1 Å². The lowest BCUT2D eigenvalue weighted by Gasteiger charge is -2.34. The highest BCUT2D eigenvalue weighted by molar-refractivity contribution is 5.92. The first-order chi connectivity index (χ1) is 16.5. The summed E-state index contributed by atoms with van der Waals surface area (Å²) in [5.74, 6) is -0.297. The van der Waals surface area contributed by atoms with Gasteiger partial charge in [-0.3, -0.25) is 23.7 Å². The second kappa shape index (κ2) is 9.06. The lowest BCUT2D eigenvalue weighted by molar-refractivity contribution is -0.130. The predicted octanol–water partition coefficient (Wildman–Crippen LogP) is 0.936. The number of amides is 2.